The normalized spacial score (nSPS) is 11.9. The Morgan fingerprint density at radius 2 is 1.90 bits per heavy atom. The molecule has 108 valence electrons. The van der Waals surface area contributed by atoms with Crippen LogP contribution in [0.5, 0.6) is 5.75 Å². The molecule has 0 aliphatic carbocycles. The van der Waals surface area contributed by atoms with Gasteiger partial charge in [0.25, 0.3) is 0 Å². The number of alkyl halides is 2. The van der Waals surface area contributed by atoms with Gasteiger partial charge in [-0.1, -0.05) is 0 Å². The average Bonchev–Trinajstić information content (AvgIpc) is 2.89. The zero-order valence-electron chi connectivity index (χ0n) is 11.6. The first kappa shape index (κ1) is 14.5. The number of nitrogens with one attached hydrogen (secondary N) is 1. The van der Waals surface area contributed by atoms with Crippen LogP contribution in [-0.4, -0.2) is 23.2 Å². The van der Waals surface area contributed by atoms with Crippen LogP contribution in [0.2, 0.25) is 0 Å². The summed E-state index contributed by atoms with van der Waals surface area (Å²) in [5.41, 5.74) is 1.55. The van der Waals surface area contributed by atoms with Gasteiger partial charge in [0.2, 0.25) is 0 Å². The van der Waals surface area contributed by atoms with Gasteiger partial charge in [-0.3, -0.25) is 0 Å². The fourth-order valence-corrected chi connectivity index (χ4v) is 1.88. The van der Waals surface area contributed by atoms with E-state index < -0.39 is 6.61 Å². The second kappa shape index (κ2) is 5.58. The van der Waals surface area contributed by atoms with Crippen LogP contribution in [0.15, 0.2) is 36.8 Å². The van der Waals surface area contributed by atoms with Crippen LogP contribution in [0.1, 0.15) is 19.5 Å². The van der Waals surface area contributed by atoms with Gasteiger partial charge >= 0.3 is 6.61 Å². The molecule has 0 spiro atoms. The Balaban J connectivity index is 2.31. The summed E-state index contributed by atoms with van der Waals surface area (Å²) in [6.45, 7) is 1.26. The summed E-state index contributed by atoms with van der Waals surface area (Å²) in [5.74, 6) is 0.137. The van der Waals surface area contributed by atoms with E-state index in [1.165, 1.54) is 12.1 Å². The molecular formula is C14H17F2N3O. The van der Waals surface area contributed by atoms with Crippen LogP contribution in [0.25, 0.3) is 5.69 Å². The van der Waals surface area contributed by atoms with Gasteiger partial charge in [0.15, 0.2) is 0 Å². The highest BCUT2D eigenvalue weighted by Crippen LogP contribution is 2.24. The lowest BCUT2D eigenvalue weighted by Gasteiger charge is -2.25. The first-order valence-electron chi connectivity index (χ1n) is 6.21. The second-order valence-electron chi connectivity index (χ2n) is 4.90. The zero-order chi connectivity index (χ0) is 14.8. The minimum Gasteiger partial charge on any atom is -0.435 e. The Bertz CT molecular complexity index is 564. The van der Waals surface area contributed by atoms with Gasteiger partial charge < -0.3 is 14.6 Å². The minimum absolute atomic E-state index is 0.137. The van der Waals surface area contributed by atoms with Gasteiger partial charge in [-0.15, -0.1) is 0 Å². The fraction of sp³-hybridized carbons (Fsp3) is 0.357. The number of halogens is 2. The molecule has 1 aromatic carbocycles. The van der Waals surface area contributed by atoms with Crippen LogP contribution >= 0.6 is 0 Å². The maximum absolute atomic E-state index is 12.1. The zero-order valence-corrected chi connectivity index (χ0v) is 11.6. The van der Waals surface area contributed by atoms with E-state index in [1.807, 2.05) is 25.5 Å². The Morgan fingerprint density at radius 3 is 2.45 bits per heavy atom. The molecule has 0 saturated carbocycles. The third kappa shape index (κ3) is 2.96. The first-order valence-corrected chi connectivity index (χ1v) is 6.21. The van der Waals surface area contributed by atoms with Gasteiger partial charge in [-0.25, -0.2) is 4.98 Å². The number of ether oxygens (including phenoxy) is 1. The van der Waals surface area contributed by atoms with Crippen LogP contribution in [0.4, 0.5) is 8.78 Å². The van der Waals surface area contributed by atoms with Crippen molar-refractivity contribution in [1.82, 2.24) is 14.9 Å². The summed E-state index contributed by atoms with van der Waals surface area (Å²) in [6.07, 6.45) is 3.47. The Morgan fingerprint density at radius 1 is 1.25 bits per heavy atom. The van der Waals surface area contributed by atoms with E-state index in [9.17, 15) is 8.78 Å². The molecule has 2 rings (SSSR count). The lowest BCUT2D eigenvalue weighted by molar-refractivity contribution is -0.0498. The molecule has 1 aromatic heterocycles. The van der Waals surface area contributed by atoms with Crippen molar-refractivity contribution in [3.63, 3.8) is 0 Å². The molecule has 0 atom stereocenters. The highest BCUT2D eigenvalue weighted by molar-refractivity contribution is 5.39. The molecular weight excluding hydrogens is 264 g/mol. The van der Waals surface area contributed by atoms with Crippen LogP contribution in [0.3, 0.4) is 0 Å². The molecule has 0 radical (unpaired) electrons. The van der Waals surface area contributed by atoms with Crippen molar-refractivity contribution in [2.24, 2.45) is 0 Å². The Kier molecular flexibility index (Phi) is 4.04. The fourth-order valence-electron chi connectivity index (χ4n) is 1.88. The van der Waals surface area contributed by atoms with Crippen molar-refractivity contribution in [3.8, 4) is 11.4 Å². The first-order chi connectivity index (χ1) is 9.44. The van der Waals surface area contributed by atoms with Crippen LogP contribution in [0, 0.1) is 0 Å². The lowest BCUT2D eigenvalue weighted by Crippen LogP contribution is -2.35. The van der Waals surface area contributed by atoms with Gasteiger partial charge in [0.1, 0.15) is 5.75 Å². The summed E-state index contributed by atoms with van der Waals surface area (Å²) >= 11 is 0. The highest BCUT2D eigenvalue weighted by Gasteiger charge is 2.22. The third-order valence-electron chi connectivity index (χ3n) is 3.24. The molecule has 0 unspecified atom stereocenters. The predicted octanol–water partition coefficient (Wildman–Crippen LogP) is 2.93. The summed E-state index contributed by atoms with van der Waals surface area (Å²) in [6, 6.07) is 6.46. The van der Waals surface area contributed by atoms with Gasteiger partial charge in [-0.05, 0) is 45.2 Å². The smallest absolute Gasteiger partial charge is 0.387 e. The van der Waals surface area contributed by atoms with Crippen molar-refractivity contribution in [1.29, 1.82) is 0 Å². The van der Waals surface area contributed by atoms with E-state index in [0.717, 1.165) is 11.4 Å². The number of hydrogen-bond donors (Lipinski definition) is 1. The number of aromatic nitrogens is 2. The highest BCUT2D eigenvalue weighted by atomic mass is 19.3. The van der Waals surface area contributed by atoms with Gasteiger partial charge in [0.05, 0.1) is 23.8 Å². The predicted molar refractivity (Wildman–Crippen MR) is 72.3 cm³/mol. The van der Waals surface area contributed by atoms with Gasteiger partial charge in [0, 0.05) is 5.69 Å². The Hall–Kier alpha value is -1.95. The number of imidazole rings is 1. The third-order valence-corrected chi connectivity index (χ3v) is 3.24. The maximum Gasteiger partial charge on any atom is 0.387 e. The summed E-state index contributed by atoms with van der Waals surface area (Å²) in [4.78, 5) is 4.16. The molecule has 1 heterocycles. The van der Waals surface area contributed by atoms with Crippen molar-refractivity contribution in [3.05, 3.63) is 42.5 Å². The standard InChI is InChI=1S/C14H17F2N3O/c1-14(2,17-3)12-8-18-9-19(12)10-4-6-11(7-5-10)20-13(15)16/h4-9,13,17H,1-3H3. The van der Waals surface area contributed by atoms with Gasteiger partial charge in [-0.2, -0.15) is 8.78 Å². The molecule has 0 aliphatic rings. The molecule has 1 N–H and O–H groups in total. The van der Waals surface area contributed by atoms with E-state index >= 15 is 0 Å². The molecule has 0 amide bonds. The number of benzene rings is 1. The van der Waals surface area contributed by atoms with Crippen molar-refractivity contribution < 1.29 is 13.5 Å². The van der Waals surface area contributed by atoms with Crippen molar-refractivity contribution in [2.75, 3.05) is 7.05 Å². The average molecular weight is 281 g/mol. The number of hydrogen-bond acceptors (Lipinski definition) is 3. The molecule has 0 aliphatic heterocycles. The van der Waals surface area contributed by atoms with E-state index in [2.05, 4.69) is 15.0 Å². The van der Waals surface area contributed by atoms with E-state index in [4.69, 9.17) is 0 Å². The molecule has 0 bridgehead atoms. The summed E-state index contributed by atoms with van der Waals surface area (Å²) in [7, 11) is 1.87. The second-order valence-corrected chi connectivity index (χ2v) is 4.90. The van der Waals surface area contributed by atoms with Crippen molar-refractivity contribution in [2.45, 2.75) is 26.0 Å². The molecule has 0 fully saturated rings. The topological polar surface area (TPSA) is 39.1 Å². The monoisotopic (exact) mass is 281 g/mol. The number of nitrogens with zero attached hydrogens (tertiary/aromatic N) is 2. The summed E-state index contributed by atoms with van der Waals surface area (Å²) in [5, 5.41) is 3.21. The SMILES string of the molecule is CNC(C)(C)c1cncn1-c1ccc(OC(F)F)cc1. The quantitative estimate of drug-likeness (QED) is 0.916. The molecule has 0 saturated heterocycles. The van der Waals surface area contributed by atoms with E-state index in [1.54, 1.807) is 24.7 Å². The Labute approximate surface area is 116 Å². The molecule has 6 heteroatoms. The van der Waals surface area contributed by atoms with E-state index in [0.29, 0.717) is 0 Å². The van der Waals surface area contributed by atoms with Crippen LogP contribution in [-0.2, 0) is 5.54 Å². The largest absolute Gasteiger partial charge is 0.435 e. The minimum atomic E-state index is -2.81. The maximum atomic E-state index is 12.1. The van der Waals surface area contributed by atoms with Crippen molar-refractivity contribution >= 4 is 0 Å². The number of rotatable bonds is 5. The van der Waals surface area contributed by atoms with E-state index in [-0.39, 0.29) is 11.3 Å². The summed E-state index contributed by atoms with van der Waals surface area (Å²) < 4.78 is 30.5. The van der Waals surface area contributed by atoms with Crippen LogP contribution < -0.4 is 10.1 Å². The molecule has 20 heavy (non-hydrogen) atoms. The molecule has 2 aromatic rings. The molecule has 4 nitrogen and oxygen atoms in total. The lowest BCUT2D eigenvalue weighted by atomic mass is 10.0.